The number of aliphatic hydroxyl groups excluding tert-OH is 1. The van der Waals surface area contributed by atoms with Gasteiger partial charge in [0.05, 0.1) is 0 Å². The summed E-state index contributed by atoms with van der Waals surface area (Å²) in [5.74, 6) is 0.968. The largest absolute Gasteiger partial charge is 0.495 e. The van der Waals surface area contributed by atoms with Crippen LogP contribution in [0.2, 0.25) is 0 Å². The lowest BCUT2D eigenvalue weighted by atomic mass is 10.6. The van der Waals surface area contributed by atoms with E-state index in [1.807, 2.05) is 19.0 Å². The molecule has 0 radical (unpaired) electrons. The predicted molar refractivity (Wildman–Crippen MR) is 63.1 cm³/mol. The summed E-state index contributed by atoms with van der Waals surface area (Å²) in [5.41, 5.74) is 0. The van der Waals surface area contributed by atoms with Crippen LogP contribution in [-0.4, -0.2) is 53.2 Å². The van der Waals surface area contributed by atoms with Gasteiger partial charge in [0.25, 0.3) is 0 Å². The highest BCUT2D eigenvalue weighted by atomic mass is 32.2. The van der Waals surface area contributed by atoms with Crippen molar-refractivity contribution in [3.63, 3.8) is 0 Å². The minimum atomic E-state index is 0.272. The second kappa shape index (κ2) is 6.10. The fraction of sp³-hybridized carbons (Fsp3) is 0.625. The average Bonchev–Trinajstić information content (AvgIpc) is 2.03. The van der Waals surface area contributed by atoms with E-state index in [2.05, 4.69) is 0 Å². The van der Waals surface area contributed by atoms with Gasteiger partial charge in [0.2, 0.25) is 0 Å². The molecular weight excluding hydrogens is 204 g/mol. The van der Waals surface area contributed by atoms with E-state index >= 15 is 0 Å². The highest BCUT2D eigenvalue weighted by Gasteiger charge is 1.99. The molecule has 0 aliphatic rings. The fourth-order valence-electron chi connectivity index (χ4n) is 0.499. The topological polar surface area (TPSA) is 26.7 Å². The number of thioether (sulfide) groups is 1. The molecule has 0 aromatic rings. The van der Waals surface area contributed by atoms with E-state index in [0.717, 1.165) is 4.32 Å². The summed E-state index contributed by atoms with van der Waals surface area (Å²) in [6.07, 6.45) is 1.74. The number of hydrogen-bond donors (Lipinski definition) is 1. The highest BCUT2D eigenvalue weighted by Crippen LogP contribution is 2.07. The Morgan fingerprint density at radius 2 is 1.85 bits per heavy atom. The van der Waals surface area contributed by atoms with Gasteiger partial charge in [0.15, 0.2) is 5.88 Å². The van der Waals surface area contributed by atoms with Gasteiger partial charge in [-0.05, 0) is 6.08 Å². The van der Waals surface area contributed by atoms with Crippen LogP contribution in [0.25, 0.3) is 0 Å². The standard InChI is InChI=1S/C8H16N2OS2/c1-9(2)7(11)5-6-13-8(12)10(3)4/h5,11H,6H2,1-4H3. The van der Waals surface area contributed by atoms with Gasteiger partial charge >= 0.3 is 0 Å². The van der Waals surface area contributed by atoms with Crippen molar-refractivity contribution >= 4 is 28.3 Å². The number of rotatable bonds is 3. The minimum absolute atomic E-state index is 0.272. The van der Waals surface area contributed by atoms with E-state index in [-0.39, 0.29) is 5.88 Å². The third kappa shape index (κ3) is 5.76. The van der Waals surface area contributed by atoms with E-state index < -0.39 is 0 Å². The lowest BCUT2D eigenvalue weighted by Crippen LogP contribution is -2.16. The zero-order chi connectivity index (χ0) is 10.4. The molecule has 0 saturated heterocycles. The van der Waals surface area contributed by atoms with Crippen LogP contribution >= 0.6 is 24.0 Å². The van der Waals surface area contributed by atoms with Crippen molar-refractivity contribution in [1.82, 2.24) is 9.80 Å². The molecule has 0 aromatic heterocycles. The molecule has 13 heavy (non-hydrogen) atoms. The van der Waals surface area contributed by atoms with Crippen LogP contribution in [0.5, 0.6) is 0 Å². The number of hydrogen-bond acceptors (Lipinski definition) is 4. The van der Waals surface area contributed by atoms with Crippen molar-refractivity contribution in [3.8, 4) is 0 Å². The summed E-state index contributed by atoms with van der Waals surface area (Å²) in [7, 11) is 7.40. The first kappa shape index (κ1) is 12.6. The monoisotopic (exact) mass is 220 g/mol. The Morgan fingerprint density at radius 1 is 1.31 bits per heavy atom. The number of aliphatic hydroxyl groups is 1. The molecule has 0 aliphatic heterocycles. The zero-order valence-electron chi connectivity index (χ0n) is 8.44. The molecule has 0 saturated carbocycles. The molecular formula is C8H16N2OS2. The maximum Gasteiger partial charge on any atom is 0.182 e. The van der Waals surface area contributed by atoms with Crippen molar-refractivity contribution in [2.75, 3.05) is 33.9 Å². The Bertz CT molecular complexity index is 202. The lowest BCUT2D eigenvalue weighted by Gasteiger charge is -2.12. The Hall–Kier alpha value is -0.420. The minimum Gasteiger partial charge on any atom is -0.495 e. The van der Waals surface area contributed by atoms with Gasteiger partial charge in [-0.1, -0.05) is 24.0 Å². The first-order valence-corrected chi connectivity index (χ1v) is 5.25. The first-order valence-electron chi connectivity index (χ1n) is 3.85. The van der Waals surface area contributed by atoms with Gasteiger partial charge in [-0.25, -0.2) is 0 Å². The van der Waals surface area contributed by atoms with Gasteiger partial charge in [0, 0.05) is 33.9 Å². The van der Waals surface area contributed by atoms with Gasteiger partial charge < -0.3 is 14.9 Å². The van der Waals surface area contributed by atoms with Gasteiger partial charge in [-0.3, -0.25) is 0 Å². The third-order valence-electron chi connectivity index (χ3n) is 1.30. The molecule has 0 bridgehead atoms. The first-order chi connectivity index (χ1) is 5.95. The summed E-state index contributed by atoms with van der Waals surface area (Å²) >= 11 is 6.58. The van der Waals surface area contributed by atoms with Crippen LogP contribution in [0, 0.1) is 0 Å². The van der Waals surface area contributed by atoms with E-state index in [4.69, 9.17) is 12.2 Å². The molecule has 0 heterocycles. The van der Waals surface area contributed by atoms with Crippen LogP contribution in [0.4, 0.5) is 0 Å². The zero-order valence-corrected chi connectivity index (χ0v) is 10.1. The van der Waals surface area contributed by atoms with E-state index in [1.165, 1.54) is 11.8 Å². The molecule has 0 atom stereocenters. The normalized spacial score (nSPS) is 11.2. The van der Waals surface area contributed by atoms with Crippen molar-refractivity contribution < 1.29 is 5.11 Å². The highest BCUT2D eigenvalue weighted by molar-refractivity contribution is 8.23. The Morgan fingerprint density at radius 3 is 2.23 bits per heavy atom. The molecule has 0 rings (SSSR count). The maximum atomic E-state index is 9.29. The molecule has 0 unspecified atom stereocenters. The van der Waals surface area contributed by atoms with Crippen LogP contribution in [0.3, 0.4) is 0 Å². The summed E-state index contributed by atoms with van der Waals surface area (Å²) < 4.78 is 0.822. The Labute approximate surface area is 89.4 Å². The SMILES string of the molecule is CN(C)C(=S)SCC=C(O)N(C)C. The van der Waals surface area contributed by atoms with Crippen molar-refractivity contribution in [1.29, 1.82) is 0 Å². The molecule has 76 valence electrons. The van der Waals surface area contributed by atoms with Crippen LogP contribution < -0.4 is 0 Å². The van der Waals surface area contributed by atoms with Crippen LogP contribution in [0.1, 0.15) is 0 Å². The predicted octanol–water partition coefficient (Wildman–Crippen LogP) is 1.53. The van der Waals surface area contributed by atoms with Gasteiger partial charge in [-0.2, -0.15) is 0 Å². The second-order valence-electron chi connectivity index (χ2n) is 2.93. The third-order valence-corrected chi connectivity index (χ3v) is 2.96. The summed E-state index contributed by atoms with van der Waals surface area (Å²) in [6, 6.07) is 0. The van der Waals surface area contributed by atoms with Crippen LogP contribution in [0.15, 0.2) is 12.0 Å². The summed E-state index contributed by atoms with van der Waals surface area (Å²) in [5, 5.41) is 9.29. The van der Waals surface area contributed by atoms with E-state index in [9.17, 15) is 5.11 Å². The van der Waals surface area contributed by atoms with E-state index in [1.54, 1.807) is 25.1 Å². The van der Waals surface area contributed by atoms with E-state index in [0.29, 0.717) is 5.75 Å². The fourth-order valence-corrected chi connectivity index (χ4v) is 1.34. The smallest absolute Gasteiger partial charge is 0.182 e. The average molecular weight is 220 g/mol. The quantitative estimate of drug-likeness (QED) is 0.575. The number of thiocarbonyl (C=S) groups is 1. The maximum absolute atomic E-state index is 9.29. The Balaban J connectivity index is 3.79. The Kier molecular flexibility index (Phi) is 5.90. The number of nitrogens with zero attached hydrogens (tertiary/aromatic N) is 2. The van der Waals surface area contributed by atoms with Gasteiger partial charge in [0.1, 0.15) is 4.32 Å². The molecule has 1 N–H and O–H groups in total. The molecule has 0 aliphatic carbocycles. The molecule has 0 aromatic carbocycles. The molecule has 0 spiro atoms. The van der Waals surface area contributed by atoms with Crippen molar-refractivity contribution in [2.24, 2.45) is 0 Å². The molecule has 5 heteroatoms. The lowest BCUT2D eigenvalue weighted by molar-refractivity contribution is 0.263. The molecule has 0 amide bonds. The van der Waals surface area contributed by atoms with Gasteiger partial charge in [-0.15, -0.1) is 0 Å². The van der Waals surface area contributed by atoms with Crippen LogP contribution in [-0.2, 0) is 0 Å². The van der Waals surface area contributed by atoms with Crippen molar-refractivity contribution in [2.45, 2.75) is 0 Å². The van der Waals surface area contributed by atoms with Crippen molar-refractivity contribution in [3.05, 3.63) is 12.0 Å². The molecule has 0 fully saturated rings. The molecule has 3 nitrogen and oxygen atoms in total. The summed E-state index contributed by atoms with van der Waals surface area (Å²) in [6.45, 7) is 0. The second-order valence-corrected chi connectivity index (χ2v) is 4.58. The summed E-state index contributed by atoms with van der Waals surface area (Å²) in [4.78, 5) is 3.53.